The minimum absolute atomic E-state index is 0.0470. The molecule has 3 unspecified atom stereocenters. The number of aliphatic hydroxyl groups is 3. The summed E-state index contributed by atoms with van der Waals surface area (Å²) in [5.74, 6) is -0.883. The molecule has 2 heterocycles. The number of H-pyrrole nitrogens is 1. The number of carbonyl (C=O) groups is 2. The molecule has 11 nitrogen and oxygen atoms in total. The number of ether oxygens (including phenoxy) is 2. The molecule has 2 radical (unpaired) electrons. The number of aromatic nitrogens is 2. The van der Waals surface area contributed by atoms with Crippen molar-refractivity contribution in [1.82, 2.24) is 9.55 Å². The molecule has 0 spiro atoms. The first kappa shape index (κ1) is 30.3. The topological polar surface area (TPSA) is 177 Å². The molecular formula is C17H30BN3O8S. The van der Waals surface area contributed by atoms with E-state index in [1.54, 1.807) is 0 Å². The van der Waals surface area contributed by atoms with Crippen LogP contribution in [0.3, 0.4) is 0 Å². The minimum atomic E-state index is -2.34. The summed E-state index contributed by atoms with van der Waals surface area (Å²) in [5, 5.41) is 24.0. The third-order valence-corrected chi connectivity index (χ3v) is 3.65. The highest BCUT2D eigenvalue weighted by Gasteiger charge is 2.41. The van der Waals surface area contributed by atoms with Gasteiger partial charge >= 0.3 is 5.97 Å². The first-order valence-corrected chi connectivity index (χ1v) is 9.39. The van der Waals surface area contributed by atoms with Gasteiger partial charge in [-0.2, -0.15) is 0 Å². The second-order valence-corrected chi connectivity index (χ2v) is 6.05. The molecule has 1 aliphatic heterocycles. The van der Waals surface area contributed by atoms with Crippen LogP contribution in [0.25, 0.3) is 0 Å². The Labute approximate surface area is 181 Å². The SMILES string of the molecule is CCC.CO.CO.[B]C(O)(OC(=O)CN)C1CCC(n2cc(C=O)c(=O)[nH]c2=S)O1. The predicted molar refractivity (Wildman–Crippen MR) is 113 cm³/mol. The van der Waals surface area contributed by atoms with Crippen LogP contribution < -0.4 is 11.3 Å². The van der Waals surface area contributed by atoms with Crippen molar-refractivity contribution in [2.24, 2.45) is 5.73 Å². The smallest absolute Gasteiger partial charge is 0.321 e. The Hall–Kier alpha value is -1.90. The molecule has 0 saturated carbocycles. The number of aliphatic hydroxyl groups excluding tert-OH is 2. The van der Waals surface area contributed by atoms with Gasteiger partial charge in [0.1, 0.15) is 12.3 Å². The van der Waals surface area contributed by atoms with Crippen LogP contribution in [0.4, 0.5) is 0 Å². The maximum absolute atomic E-state index is 11.5. The number of esters is 1. The van der Waals surface area contributed by atoms with Crippen LogP contribution in [0.2, 0.25) is 0 Å². The van der Waals surface area contributed by atoms with Gasteiger partial charge < -0.3 is 30.5 Å². The van der Waals surface area contributed by atoms with E-state index in [-0.39, 0.29) is 16.8 Å². The Morgan fingerprint density at radius 2 is 1.97 bits per heavy atom. The lowest BCUT2D eigenvalue weighted by molar-refractivity contribution is -0.214. The van der Waals surface area contributed by atoms with E-state index in [2.05, 4.69) is 23.6 Å². The number of aldehydes is 1. The lowest BCUT2D eigenvalue weighted by atomic mass is 9.87. The van der Waals surface area contributed by atoms with Gasteiger partial charge in [0.05, 0.1) is 12.1 Å². The standard InChI is InChI=1S/C12H14BN3O6S.C3H8.2CH4O/c13-12(20,22-9(18)3-14)7-1-2-8(21-7)16-4-6(5-17)10(19)15-11(16)23;1-3-2;2*1-2/h4-5,7-8,20H,1-3,14H2,(H,15,19,23);3H2,1-2H3;2*2H,1H3. The molecule has 3 atom stereocenters. The van der Waals surface area contributed by atoms with Crippen LogP contribution in [0, 0.1) is 4.77 Å². The van der Waals surface area contributed by atoms with Gasteiger partial charge in [-0.25, -0.2) is 0 Å². The van der Waals surface area contributed by atoms with Crippen molar-refractivity contribution in [2.45, 2.75) is 51.1 Å². The molecule has 1 saturated heterocycles. The largest absolute Gasteiger partial charge is 0.440 e. The highest BCUT2D eigenvalue weighted by molar-refractivity contribution is 7.71. The fourth-order valence-corrected chi connectivity index (χ4v) is 2.48. The molecule has 1 fully saturated rings. The summed E-state index contributed by atoms with van der Waals surface area (Å²) < 4.78 is 11.6. The third-order valence-electron chi connectivity index (χ3n) is 3.34. The number of aromatic amines is 1. The predicted octanol–water partition coefficient (Wildman–Crippen LogP) is -0.654. The number of rotatable bonds is 5. The van der Waals surface area contributed by atoms with Gasteiger partial charge in [-0.15, -0.1) is 0 Å². The summed E-state index contributed by atoms with van der Waals surface area (Å²) in [6, 6.07) is 0. The summed E-state index contributed by atoms with van der Waals surface area (Å²) >= 11 is 5.02. The Kier molecular flexibility index (Phi) is 16.0. The number of nitrogens with two attached hydrogens (primary N) is 1. The zero-order valence-corrected chi connectivity index (χ0v) is 18.3. The molecule has 0 amide bonds. The van der Waals surface area contributed by atoms with Crippen LogP contribution in [-0.2, 0) is 14.3 Å². The van der Waals surface area contributed by atoms with Crippen molar-refractivity contribution in [3.63, 3.8) is 0 Å². The number of nitrogens with zero attached hydrogens (tertiary/aromatic N) is 1. The minimum Gasteiger partial charge on any atom is -0.440 e. The van der Waals surface area contributed by atoms with Crippen molar-refractivity contribution in [3.05, 3.63) is 26.9 Å². The van der Waals surface area contributed by atoms with E-state index in [0.717, 1.165) is 14.2 Å². The van der Waals surface area contributed by atoms with Crippen molar-refractivity contribution in [1.29, 1.82) is 0 Å². The molecule has 1 aromatic rings. The highest BCUT2D eigenvalue weighted by Crippen LogP contribution is 2.33. The van der Waals surface area contributed by atoms with E-state index in [4.69, 9.17) is 40.7 Å². The van der Waals surface area contributed by atoms with E-state index < -0.39 is 36.1 Å². The van der Waals surface area contributed by atoms with Crippen LogP contribution in [0.1, 0.15) is 49.7 Å². The summed E-state index contributed by atoms with van der Waals surface area (Å²) in [4.78, 5) is 35.8. The summed E-state index contributed by atoms with van der Waals surface area (Å²) in [6.07, 6.45) is 1.81. The van der Waals surface area contributed by atoms with E-state index in [0.29, 0.717) is 12.7 Å². The number of hydrogen-bond acceptors (Lipinski definition) is 10. The van der Waals surface area contributed by atoms with Gasteiger partial charge in [-0.3, -0.25) is 23.9 Å². The van der Waals surface area contributed by atoms with Gasteiger partial charge in [0.15, 0.2) is 24.6 Å². The normalized spacial score (nSPS) is 18.8. The molecule has 0 aromatic carbocycles. The first-order valence-electron chi connectivity index (χ1n) is 8.98. The average Bonchev–Trinajstić information content (AvgIpc) is 3.22. The van der Waals surface area contributed by atoms with Crippen LogP contribution in [-0.4, -0.2) is 77.5 Å². The lowest BCUT2D eigenvalue weighted by Gasteiger charge is -2.30. The third kappa shape index (κ3) is 9.28. The van der Waals surface area contributed by atoms with Crippen molar-refractivity contribution < 1.29 is 34.4 Å². The Morgan fingerprint density at radius 1 is 1.43 bits per heavy atom. The van der Waals surface area contributed by atoms with Crippen molar-refractivity contribution in [3.8, 4) is 0 Å². The summed E-state index contributed by atoms with van der Waals surface area (Å²) in [7, 11) is 7.54. The maximum Gasteiger partial charge on any atom is 0.321 e. The fourth-order valence-electron chi connectivity index (χ4n) is 2.22. The summed E-state index contributed by atoms with van der Waals surface area (Å²) in [5.41, 5.74) is 2.02. The molecule has 170 valence electrons. The molecule has 30 heavy (non-hydrogen) atoms. The number of hydrogen-bond donors (Lipinski definition) is 5. The van der Waals surface area contributed by atoms with Gasteiger partial charge in [0.25, 0.3) is 5.56 Å². The number of carbonyl (C=O) groups excluding carboxylic acids is 2. The maximum atomic E-state index is 11.5. The van der Waals surface area contributed by atoms with Crippen LogP contribution >= 0.6 is 12.2 Å². The molecule has 1 aliphatic rings. The zero-order chi connectivity index (χ0) is 23.9. The molecule has 2 rings (SSSR count). The molecule has 0 bridgehead atoms. The second-order valence-electron chi connectivity index (χ2n) is 5.66. The van der Waals surface area contributed by atoms with Gasteiger partial charge in [-0.1, -0.05) is 20.3 Å². The Morgan fingerprint density at radius 3 is 2.43 bits per heavy atom. The molecule has 0 aliphatic carbocycles. The molecular weight excluding hydrogens is 417 g/mol. The van der Waals surface area contributed by atoms with Crippen molar-refractivity contribution >= 4 is 32.3 Å². The Balaban J connectivity index is 0. The fraction of sp³-hybridized carbons (Fsp3) is 0.647. The van der Waals surface area contributed by atoms with E-state index in [1.807, 2.05) is 0 Å². The van der Waals surface area contributed by atoms with Crippen LogP contribution in [0.15, 0.2) is 11.0 Å². The van der Waals surface area contributed by atoms with Gasteiger partial charge in [0, 0.05) is 20.4 Å². The highest BCUT2D eigenvalue weighted by atomic mass is 32.1. The number of nitrogens with one attached hydrogen (secondary N) is 1. The van der Waals surface area contributed by atoms with Crippen molar-refractivity contribution in [2.75, 3.05) is 20.8 Å². The first-order chi connectivity index (χ1) is 14.2. The van der Waals surface area contributed by atoms with E-state index in [9.17, 15) is 19.5 Å². The quantitative estimate of drug-likeness (QED) is 0.128. The van der Waals surface area contributed by atoms with E-state index >= 15 is 0 Å². The van der Waals surface area contributed by atoms with Crippen LogP contribution in [0.5, 0.6) is 0 Å². The van der Waals surface area contributed by atoms with E-state index in [1.165, 1.54) is 17.2 Å². The van der Waals surface area contributed by atoms with Gasteiger partial charge in [0.2, 0.25) is 0 Å². The molecule has 6 N–H and O–H groups in total. The molecule has 13 heteroatoms. The van der Waals surface area contributed by atoms with Gasteiger partial charge in [-0.05, 0) is 25.1 Å². The zero-order valence-electron chi connectivity index (χ0n) is 17.5. The average molecular weight is 447 g/mol. The Bertz CT molecular complexity index is 753. The molecule has 1 aromatic heterocycles. The lowest BCUT2D eigenvalue weighted by Crippen LogP contribution is -2.48. The second kappa shape index (κ2) is 15.9. The summed E-state index contributed by atoms with van der Waals surface area (Å²) in [6.45, 7) is 3.81. The monoisotopic (exact) mass is 447 g/mol.